The Morgan fingerprint density at radius 3 is 2.52 bits per heavy atom. The molecule has 0 spiro atoms. The van der Waals surface area contributed by atoms with E-state index in [2.05, 4.69) is 5.32 Å². The summed E-state index contributed by atoms with van der Waals surface area (Å²) in [6.07, 6.45) is 0.752. The maximum atomic E-state index is 13.6. The van der Waals surface area contributed by atoms with E-state index in [4.69, 9.17) is 16.3 Å². The molecule has 1 heterocycles. The number of rotatable bonds is 3. The number of benzene rings is 2. The van der Waals surface area contributed by atoms with Crippen LogP contribution < -0.4 is 10.1 Å². The minimum atomic E-state index is -0.980. The van der Waals surface area contributed by atoms with Gasteiger partial charge in [0.25, 0.3) is 0 Å². The molecule has 0 saturated carbocycles. The number of hydrogen-bond acceptors (Lipinski definition) is 2. The van der Waals surface area contributed by atoms with Gasteiger partial charge in [-0.3, -0.25) is 0 Å². The van der Waals surface area contributed by atoms with Crippen LogP contribution in [0.5, 0.6) is 5.75 Å². The number of nitrogens with one attached hydrogen (secondary N) is 1. The Bertz CT molecular complexity index is 683. The van der Waals surface area contributed by atoms with E-state index in [0.29, 0.717) is 35.1 Å². The molecule has 0 saturated heterocycles. The first-order chi connectivity index (χ1) is 10.0. The zero-order chi connectivity index (χ0) is 15.0. The van der Waals surface area contributed by atoms with Crippen molar-refractivity contribution in [2.24, 2.45) is 0 Å². The molecule has 2 aromatic carbocycles. The summed E-state index contributed by atoms with van der Waals surface area (Å²) in [4.78, 5) is 0. The molecular weight excluding hydrogens is 303 g/mol. The van der Waals surface area contributed by atoms with Crippen molar-refractivity contribution in [3.05, 3.63) is 57.9 Å². The van der Waals surface area contributed by atoms with Gasteiger partial charge in [-0.2, -0.15) is 0 Å². The van der Waals surface area contributed by atoms with Crippen LogP contribution in [0.25, 0.3) is 0 Å². The molecule has 2 nitrogen and oxygen atoms in total. The van der Waals surface area contributed by atoms with Gasteiger partial charge in [0.05, 0.1) is 6.61 Å². The Balaban J connectivity index is 1.86. The Kier molecular flexibility index (Phi) is 3.68. The van der Waals surface area contributed by atoms with Crippen molar-refractivity contribution in [3.63, 3.8) is 0 Å². The van der Waals surface area contributed by atoms with E-state index < -0.39 is 17.5 Å². The van der Waals surface area contributed by atoms with Crippen LogP contribution in [0.3, 0.4) is 0 Å². The second kappa shape index (κ2) is 5.48. The average Bonchev–Trinajstić information content (AvgIpc) is 2.85. The summed E-state index contributed by atoms with van der Waals surface area (Å²) in [6.45, 7) is 0.685. The van der Waals surface area contributed by atoms with Crippen molar-refractivity contribution < 1.29 is 17.9 Å². The molecule has 0 amide bonds. The second-order valence-corrected chi connectivity index (χ2v) is 5.19. The topological polar surface area (TPSA) is 21.3 Å². The van der Waals surface area contributed by atoms with E-state index in [9.17, 15) is 13.2 Å². The van der Waals surface area contributed by atoms with E-state index in [-0.39, 0.29) is 12.2 Å². The molecule has 3 rings (SSSR count). The molecule has 21 heavy (non-hydrogen) atoms. The van der Waals surface area contributed by atoms with Gasteiger partial charge in [-0.1, -0.05) is 11.6 Å². The van der Waals surface area contributed by atoms with E-state index in [0.717, 1.165) is 12.0 Å². The Labute approximate surface area is 124 Å². The SMILES string of the molecule is Fc1cc(F)c(NCc2cc(Cl)cc3c2OCC3)c(F)c1. The molecule has 0 aromatic heterocycles. The van der Waals surface area contributed by atoms with Crippen LogP contribution in [0.4, 0.5) is 18.9 Å². The third-order valence-corrected chi connectivity index (χ3v) is 3.51. The highest BCUT2D eigenvalue weighted by atomic mass is 35.5. The summed E-state index contributed by atoms with van der Waals surface area (Å²) in [5, 5.41) is 3.16. The smallest absolute Gasteiger partial charge is 0.152 e. The highest BCUT2D eigenvalue weighted by Crippen LogP contribution is 2.33. The minimum Gasteiger partial charge on any atom is -0.493 e. The summed E-state index contributed by atoms with van der Waals surface area (Å²) >= 11 is 6.01. The molecule has 1 aliphatic heterocycles. The fourth-order valence-corrected chi connectivity index (χ4v) is 2.64. The first-order valence-electron chi connectivity index (χ1n) is 6.37. The van der Waals surface area contributed by atoms with Crippen LogP contribution >= 0.6 is 11.6 Å². The lowest BCUT2D eigenvalue weighted by Crippen LogP contribution is -2.06. The van der Waals surface area contributed by atoms with Crippen LogP contribution in [0.1, 0.15) is 11.1 Å². The zero-order valence-electron chi connectivity index (χ0n) is 10.9. The van der Waals surface area contributed by atoms with Gasteiger partial charge in [0.2, 0.25) is 0 Å². The fourth-order valence-electron chi connectivity index (χ4n) is 2.37. The Hall–Kier alpha value is -1.88. The largest absolute Gasteiger partial charge is 0.493 e. The third-order valence-electron chi connectivity index (χ3n) is 3.29. The van der Waals surface area contributed by atoms with Crippen LogP contribution in [-0.2, 0) is 13.0 Å². The summed E-state index contributed by atoms with van der Waals surface area (Å²) in [5.41, 5.74) is 1.31. The van der Waals surface area contributed by atoms with Gasteiger partial charge in [0.1, 0.15) is 17.3 Å². The second-order valence-electron chi connectivity index (χ2n) is 4.75. The summed E-state index contributed by atoms with van der Waals surface area (Å²) in [7, 11) is 0. The molecule has 110 valence electrons. The molecule has 2 aromatic rings. The van der Waals surface area contributed by atoms with Gasteiger partial charge in [0.15, 0.2) is 11.6 Å². The Morgan fingerprint density at radius 2 is 1.81 bits per heavy atom. The number of halogens is 4. The average molecular weight is 314 g/mol. The van der Waals surface area contributed by atoms with Crippen molar-refractivity contribution in [3.8, 4) is 5.75 Å². The molecule has 1 N–H and O–H groups in total. The van der Waals surface area contributed by atoms with Crippen LogP contribution in [0.15, 0.2) is 24.3 Å². The molecule has 1 aliphatic rings. The molecule has 0 unspecified atom stereocenters. The lowest BCUT2D eigenvalue weighted by Gasteiger charge is -2.12. The van der Waals surface area contributed by atoms with Gasteiger partial charge >= 0.3 is 0 Å². The molecule has 0 radical (unpaired) electrons. The predicted molar refractivity (Wildman–Crippen MR) is 74.3 cm³/mol. The highest BCUT2D eigenvalue weighted by molar-refractivity contribution is 6.30. The first kappa shape index (κ1) is 14.1. The molecule has 0 bridgehead atoms. The van der Waals surface area contributed by atoms with E-state index >= 15 is 0 Å². The number of anilines is 1. The normalized spacial score (nSPS) is 13.0. The van der Waals surface area contributed by atoms with Crippen molar-refractivity contribution >= 4 is 17.3 Å². The van der Waals surface area contributed by atoms with Gasteiger partial charge in [0, 0.05) is 35.7 Å². The van der Waals surface area contributed by atoms with Crippen LogP contribution in [0, 0.1) is 17.5 Å². The van der Waals surface area contributed by atoms with E-state index in [1.54, 1.807) is 6.07 Å². The lowest BCUT2D eigenvalue weighted by molar-refractivity contribution is 0.354. The number of fused-ring (bicyclic) bond motifs is 1. The first-order valence-corrected chi connectivity index (χ1v) is 6.75. The quantitative estimate of drug-likeness (QED) is 0.912. The molecule has 0 aliphatic carbocycles. The van der Waals surface area contributed by atoms with Crippen molar-refractivity contribution in [2.45, 2.75) is 13.0 Å². The maximum Gasteiger partial charge on any atom is 0.152 e. The fraction of sp³-hybridized carbons (Fsp3) is 0.200. The van der Waals surface area contributed by atoms with Crippen molar-refractivity contribution in [1.29, 1.82) is 0 Å². The molecule has 6 heteroatoms. The Morgan fingerprint density at radius 1 is 1.10 bits per heavy atom. The molecule has 0 atom stereocenters. The predicted octanol–water partition coefficient (Wildman–Crippen LogP) is 4.30. The van der Waals surface area contributed by atoms with Crippen molar-refractivity contribution in [2.75, 3.05) is 11.9 Å². The zero-order valence-corrected chi connectivity index (χ0v) is 11.6. The maximum absolute atomic E-state index is 13.6. The molecular formula is C15H11ClF3NO. The highest BCUT2D eigenvalue weighted by Gasteiger charge is 2.18. The van der Waals surface area contributed by atoms with Gasteiger partial charge in [-0.15, -0.1) is 0 Å². The lowest BCUT2D eigenvalue weighted by atomic mass is 10.1. The summed E-state index contributed by atoms with van der Waals surface area (Å²) < 4.78 is 45.5. The number of ether oxygens (including phenoxy) is 1. The summed E-state index contributed by atoms with van der Waals surface area (Å²) in [5.74, 6) is -2.23. The van der Waals surface area contributed by atoms with Gasteiger partial charge < -0.3 is 10.1 Å². The van der Waals surface area contributed by atoms with Gasteiger partial charge in [-0.05, 0) is 17.7 Å². The third kappa shape index (κ3) is 2.78. The minimum absolute atomic E-state index is 0.127. The van der Waals surface area contributed by atoms with E-state index in [1.165, 1.54) is 0 Å². The van der Waals surface area contributed by atoms with Crippen LogP contribution in [0.2, 0.25) is 5.02 Å². The van der Waals surface area contributed by atoms with Gasteiger partial charge in [-0.25, -0.2) is 13.2 Å². The van der Waals surface area contributed by atoms with Crippen LogP contribution in [-0.4, -0.2) is 6.61 Å². The summed E-state index contributed by atoms with van der Waals surface area (Å²) in [6, 6.07) is 4.75. The standard InChI is InChI=1S/C15H11ClF3NO/c16-10-3-8-1-2-21-15(8)9(4-10)7-20-14-12(18)5-11(17)6-13(14)19/h3-6,20H,1-2,7H2. The van der Waals surface area contributed by atoms with E-state index in [1.807, 2.05) is 6.07 Å². The van der Waals surface area contributed by atoms with Crippen molar-refractivity contribution in [1.82, 2.24) is 0 Å². The molecule has 0 fully saturated rings. The number of hydrogen-bond donors (Lipinski definition) is 1. The monoisotopic (exact) mass is 313 g/mol.